The van der Waals surface area contributed by atoms with Crippen molar-refractivity contribution in [2.75, 3.05) is 4.90 Å². The molecule has 1 atom stereocenters. The van der Waals surface area contributed by atoms with Gasteiger partial charge in [0.25, 0.3) is 5.91 Å². The summed E-state index contributed by atoms with van der Waals surface area (Å²) in [7, 11) is 0. The lowest BCUT2D eigenvalue weighted by Crippen LogP contribution is -2.31. The van der Waals surface area contributed by atoms with E-state index in [2.05, 4.69) is 10.2 Å². The summed E-state index contributed by atoms with van der Waals surface area (Å²) in [6.45, 7) is 0.349. The van der Waals surface area contributed by atoms with Crippen molar-refractivity contribution < 1.29 is 19.4 Å². The first kappa shape index (κ1) is 28.2. The van der Waals surface area contributed by atoms with Gasteiger partial charge in [-0.05, 0) is 46.3 Å². The molecule has 0 spiro atoms. The second-order valence-corrected chi connectivity index (χ2v) is 12.8. The van der Waals surface area contributed by atoms with Crippen molar-refractivity contribution in [3.63, 3.8) is 0 Å². The molecule has 0 bridgehead atoms. The third kappa shape index (κ3) is 5.84. The molecule has 1 amide bonds. The van der Waals surface area contributed by atoms with Gasteiger partial charge < -0.3 is 9.84 Å². The van der Waals surface area contributed by atoms with Gasteiger partial charge in [-0.3, -0.25) is 14.5 Å². The number of carbonyl (C=O) groups excluding carboxylic acids is 2. The Kier molecular flexibility index (Phi) is 8.38. The van der Waals surface area contributed by atoms with Gasteiger partial charge in [0, 0.05) is 10.8 Å². The lowest BCUT2D eigenvalue weighted by Gasteiger charge is -2.24. The summed E-state index contributed by atoms with van der Waals surface area (Å²) >= 11 is 10.2. The Hall–Kier alpha value is -3.96. The topological polar surface area (TPSA) is 92.6 Å². The van der Waals surface area contributed by atoms with Gasteiger partial charge in [0.05, 0.1) is 16.5 Å². The fourth-order valence-corrected chi connectivity index (χ4v) is 7.35. The number of nitrogens with zero attached hydrogens (tertiary/aromatic N) is 3. The van der Waals surface area contributed by atoms with Gasteiger partial charge in [0.1, 0.15) is 12.4 Å². The number of aliphatic hydroxyl groups excluding tert-OH is 1. The molecule has 2 aromatic heterocycles. The standard InChI is InChI=1S/C31H22ClN3O4S3/c32-23-13-5-4-10-21(23)18-41-31-34-33-30(42-31)35-26(25(28(37)29(35)38)27(36)24-14-7-15-40-24)20-11-6-12-22(16-20)39-17-19-8-2-1-3-9-19/h1-16,26,37H,17-18H2. The molecule has 210 valence electrons. The molecule has 11 heteroatoms. The number of Topliss-reactive ketones (excluding diaryl/α,β-unsaturated/α-hetero) is 1. The highest BCUT2D eigenvalue weighted by Gasteiger charge is 2.46. The highest BCUT2D eigenvalue weighted by molar-refractivity contribution is 8.00. The van der Waals surface area contributed by atoms with Gasteiger partial charge in [-0.2, -0.15) is 0 Å². The van der Waals surface area contributed by atoms with E-state index in [0.29, 0.717) is 37.9 Å². The van der Waals surface area contributed by atoms with Crippen LogP contribution >= 0.6 is 46.0 Å². The Balaban J connectivity index is 1.33. The lowest BCUT2D eigenvalue weighted by molar-refractivity contribution is -0.117. The van der Waals surface area contributed by atoms with E-state index < -0.39 is 23.5 Å². The van der Waals surface area contributed by atoms with E-state index in [9.17, 15) is 14.7 Å². The van der Waals surface area contributed by atoms with Crippen LogP contribution in [0.5, 0.6) is 5.75 Å². The monoisotopic (exact) mass is 631 g/mol. The number of ether oxygens (including phenoxy) is 1. The fourth-order valence-electron chi connectivity index (χ4n) is 4.52. The Morgan fingerprint density at radius 1 is 1.00 bits per heavy atom. The van der Waals surface area contributed by atoms with Crippen molar-refractivity contribution in [1.82, 2.24) is 10.2 Å². The fraction of sp³-hybridized carbons (Fsp3) is 0.0968. The van der Waals surface area contributed by atoms with Gasteiger partial charge in [-0.25, -0.2) is 0 Å². The summed E-state index contributed by atoms with van der Waals surface area (Å²) in [6.07, 6.45) is 0. The van der Waals surface area contributed by atoms with E-state index in [-0.39, 0.29) is 10.7 Å². The van der Waals surface area contributed by atoms with Gasteiger partial charge in [0.15, 0.2) is 10.1 Å². The molecule has 1 N–H and O–H groups in total. The number of halogens is 1. The zero-order chi connectivity index (χ0) is 29.1. The minimum absolute atomic E-state index is 0.0110. The van der Waals surface area contributed by atoms with E-state index in [1.807, 2.05) is 60.7 Å². The molecular formula is C31H22ClN3O4S3. The van der Waals surface area contributed by atoms with Crippen molar-refractivity contribution >= 4 is 62.9 Å². The minimum atomic E-state index is -0.929. The molecule has 1 aliphatic rings. The summed E-state index contributed by atoms with van der Waals surface area (Å²) in [6, 6.07) is 27.0. The number of rotatable bonds is 10. The molecule has 0 fully saturated rings. The first-order valence-electron chi connectivity index (χ1n) is 12.8. The Morgan fingerprint density at radius 3 is 2.60 bits per heavy atom. The van der Waals surface area contributed by atoms with Crippen LogP contribution in [0.1, 0.15) is 32.4 Å². The second kappa shape index (κ2) is 12.5. The lowest BCUT2D eigenvalue weighted by atomic mass is 9.95. The summed E-state index contributed by atoms with van der Waals surface area (Å²) in [5.74, 6) is -0.607. The number of carbonyl (C=O) groups is 2. The number of amides is 1. The minimum Gasteiger partial charge on any atom is -0.503 e. The predicted molar refractivity (Wildman–Crippen MR) is 167 cm³/mol. The number of hydrogen-bond acceptors (Lipinski definition) is 9. The zero-order valence-electron chi connectivity index (χ0n) is 21.8. The highest BCUT2D eigenvalue weighted by atomic mass is 35.5. The SMILES string of the molecule is O=C(C1=C(O)C(=O)N(c2nnc(SCc3ccccc3Cl)s2)C1c1cccc(OCc2ccccc2)c1)c1cccs1. The predicted octanol–water partition coefficient (Wildman–Crippen LogP) is 7.91. The third-order valence-corrected chi connectivity index (χ3v) is 9.87. The molecule has 0 radical (unpaired) electrons. The van der Waals surface area contributed by atoms with Gasteiger partial charge in [0.2, 0.25) is 10.9 Å². The van der Waals surface area contributed by atoms with Crippen molar-refractivity contribution in [3.8, 4) is 5.75 Å². The van der Waals surface area contributed by atoms with E-state index >= 15 is 0 Å². The summed E-state index contributed by atoms with van der Waals surface area (Å²) in [4.78, 5) is 29.0. The van der Waals surface area contributed by atoms with Crippen LogP contribution in [0, 0.1) is 0 Å². The number of aromatic nitrogens is 2. The zero-order valence-corrected chi connectivity index (χ0v) is 25.1. The van der Waals surface area contributed by atoms with Crippen molar-refractivity contribution in [2.24, 2.45) is 0 Å². The largest absolute Gasteiger partial charge is 0.503 e. The van der Waals surface area contributed by atoms with E-state index in [1.165, 1.54) is 39.3 Å². The number of aliphatic hydroxyl groups is 1. The molecule has 1 aliphatic heterocycles. The first-order chi connectivity index (χ1) is 20.5. The van der Waals surface area contributed by atoms with Crippen LogP contribution < -0.4 is 9.64 Å². The second-order valence-electron chi connectivity index (χ2n) is 9.22. The van der Waals surface area contributed by atoms with E-state index in [0.717, 1.165) is 11.1 Å². The average molecular weight is 632 g/mol. The smallest absolute Gasteiger partial charge is 0.296 e. The third-order valence-electron chi connectivity index (χ3n) is 6.53. The average Bonchev–Trinajstić information content (AvgIpc) is 3.77. The highest BCUT2D eigenvalue weighted by Crippen LogP contribution is 2.45. The molecular weight excluding hydrogens is 610 g/mol. The summed E-state index contributed by atoms with van der Waals surface area (Å²) < 4.78 is 6.66. The summed E-state index contributed by atoms with van der Waals surface area (Å²) in [5, 5.41) is 22.4. The maximum absolute atomic E-state index is 13.6. The molecule has 0 aliphatic carbocycles. The van der Waals surface area contributed by atoms with Crippen LogP contribution in [-0.2, 0) is 17.2 Å². The summed E-state index contributed by atoms with van der Waals surface area (Å²) in [5.41, 5.74) is 2.54. The molecule has 0 saturated carbocycles. The Bertz CT molecular complexity index is 1770. The van der Waals surface area contributed by atoms with Gasteiger partial charge in [-0.1, -0.05) is 101 Å². The molecule has 1 unspecified atom stereocenters. The van der Waals surface area contributed by atoms with Crippen LogP contribution in [0.2, 0.25) is 5.02 Å². The Morgan fingerprint density at radius 2 is 1.81 bits per heavy atom. The van der Waals surface area contributed by atoms with Crippen LogP contribution in [0.3, 0.4) is 0 Å². The first-order valence-corrected chi connectivity index (χ1v) is 15.9. The van der Waals surface area contributed by atoms with E-state index in [1.54, 1.807) is 35.7 Å². The van der Waals surface area contributed by atoms with Crippen molar-refractivity contribution in [1.29, 1.82) is 0 Å². The van der Waals surface area contributed by atoms with Crippen LogP contribution in [0.25, 0.3) is 0 Å². The molecule has 5 aromatic rings. The molecule has 6 rings (SSSR count). The van der Waals surface area contributed by atoms with Gasteiger partial charge in [-0.15, -0.1) is 21.5 Å². The quantitative estimate of drug-likeness (QED) is 0.0951. The number of thioether (sulfide) groups is 1. The molecule has 3 heterocycles. The van der Waals surface area contributed by atoms with Crippen molar-refractivity contribution in [3.05, 3.63) is 134 Å². The van der Waals surface area contributed by atoms with Crippen LogP contribution in [-0.4, -0.2) is 27.0 Å². The maximum Gasteiger partial charge on any atom is 0.296 e. The van der Waals surface area contributed by atoms with Crippen LogP contribution in [0.4, 0.5) is 5.13 Å². The Labute approximate surface area is 259 Å². The van der Waals surface area contributed by atoms with Crippen molar-refractivity contribution in [2.45, 2.75) is 22.7 Å². The molecule has 42 heavy (non-hydrogen) atoms. The number of thiophene rings is 1. The van der Waals surface area contributed by atoms with E-state index in [4.69, 9.17) is 16.3 Å². The van der Waals surface area contributed by atoms with Gasteiger partial charge >= 0.3 is 0 Å². The number of anilines is 1. The normalized spacial score (nSPS) is 14.9. The number of hydrogen-bond donors (Lipinski definition) is 1. The number of ketones is 1. The molecule has 7 nitrogen and oxygen atoms in total. The molecule has 3 aromatic carbocycles. The maximum atomic E-state index is 13.6. The molecule has 0 saturated heterocycles. The van der Waals surface area contributed by atoms with Crippen LogP contribution in [0.15, 0.2) is 112 Å². The number of benzene rings is 3.